The highest BCUT2D eigenvalue weighted by Gasteiger charge is 2.41. The third-order valence-corrected chi connectivity index (χ3v) is 6.33. The fourth-order valence-electron chi connectivity index (χ4n) is 3.86. The predicted molar refractivity (Wildman–Crippen MR) is 107 cm³/mol. The van der Waals surface area contributed by atoms with Gasteiger partial charge in [0.25, 0.3) is 0 Å². The molecule has 0 bridgehead atoms. The summed E-state index contributed by atoms with van der Waals surface area (Å²) in [6.07, 6.45) is 3.30. The van der Waals surface area contributed by atoms with Crippen LogP contribution in [-0.4, -0.2) is 28.4 Å². The molecule has 0 saturated carbocycles. The van der Waals surface area contributed by atoms with Crippen molar-refractivity contribution in [1.82, 2.24) is 0 Å². The number of aromatic carboxylic acids is 1. The Morgan fingerprint density at radius 1 is 1.15 bits per heavy atom. The van der Waals surface area contributed by atoms with Crippen molar-refractivity contribution in [3.63, 3.8) is 0 Å². The first-order chi connectivity index (χ1) is 12.7. The Balaban J connectivity index is 1.65. The van der Waals surface area contributed by atoms with Gasteiger partial charge in [-0.05, 0) is 60.1 Å². The van der Waals surface area contributed by atoms with Crippen molar-refractivity contribution in [1.29, 1.82) is 0 Å². The summed E-state index contributed by atoms with van der Waals surface area (Å²) in [6.45, 7) is 0.501. The molecular weight excluding hydrogens is 344 g/mol. The summed E-state index contributed by atoms with van der Waals surface area (Å²) >= 11 is 2.02. The molecule has 1 spiro atoms. The normalized spacial score (nSPS) is 19.8. The van der Waals surface area contributed by atoms with Crippen LogP contribution in [0.4, 0.5) is 5.69 Å². The first-order valence-electron chi connectivity index (χ1n) is 8.96. The highest BCUT2D eigenvalue weighted by molar-refractivity contribution is 7.99. The third-order valence-electron chi connectivity index (χ3n) is 5.35. The fraction of sp³-hybridized carbons (Fsp3) is 0.333. The number of carboxylic acid groups (broad SMARTS) is 1. The van der Waals surface area contributed by atoms with Crippen molar-refractivity contribution < 1.29 is 9.90 Å². The zero-order valence-electron chi connectivity index (χ0n) is 14.6. The molecule has 134 valence electrons. The van der Waals surface area contributed by atoms with Gasteiger partial charge in [0.05, 0.1) is 12.1 Å². The van der Waals surface area contributed by atoms with E-state index in [0.717, 1.165) is 47.9 Å². The molecule has 4 rings (SSSR count). The molecule has 1 fully saturated rings. The van der Waals surface area contributed by atoms with Gasteiger partial charge in [-0.15, -0.1) is 0 Å². The van der Waals surface area contributed by atoms with Gasteiger partial charge in [0.1, 0.15) is 5.84 Å². The van der Waals surface area contributed by atoms with Crippen LogP contribution in [-0.2, 0) is 13.0 Å². The Morgan fingerprint density at radius 3 is 2.77 bits per heavy atom. The SMILES string of the molecule is O=C(O)c1cccc(CN=C2Nc3ccccc3CC23CCSCC3)c1. The zero-order valence-corrected chi connectivity index (χ0v) is 15.4. The van der Waals surface area contributed by atoms with Gasteiger partial charge < -0.3 is 10.4 Å². The van der Waals surface area contributed by atoms with Crippen LogP contribution in [0.2, 0.25) is 0 Å². The summed E-state index contributed by atoms with van der Waals surface area (Å²) in [4.78, 5) is 16.1. The Morgan fingerprint density at radius 2 is 1.96 bits per heavy atom. The van der Waals surface area contributed by atoms with Crippen molar-refractivity contribution in [2.45, 2.75) is 25.8 Å². The molecule has 0 aliphatic carbocycles. The van der Waals surface area contributed by atoms with Gasteiger partial charge in [-0.25, -0.2) is 4.79 Å². The standard InChI is InChI=1S/C21H22N2O2S/c24-19(25)16-6-3-4-15(12-16)14-22-20-21(8-10-26-11-9-21)13-17-5-1-2-7-18(17)23-20/h1-7,12H,8-11,13-14H2,(H,22,23)(H,24,25). The fourth-order valence-corrected chi connectivity index (χ4v) is 5.14. The molecule has 1 saturated heterocycles. The highest BCUT2D eigenvalue weighted by Crippen LogP contribution is 2.44. The second-order valence-corrected chi connectivity index (χ2v) is 8.25. The first-order valence-corrected chi connectivity index (χ1v) is 10.1. The number of nitrogens with one attached hydrogen (secondary N) is 1. The highest BCUT2D eigenvalue weighted by atomic mass is 32.2. The van der Waals surface area contributed by atoms with Crippen LogP contribution in [0.5, 0.6) is 0 Å². The van der Waals surface area contributed by atoms with Crippen molar-refractivity contribution in [2.75, 3.05) is 16.8 Å². The maximum Gasteiger partial charge on any atom is 0.335 e. The summed E-state index contributed by atoms with van der Waals surface area (Å²) in [6, 6.07) is 15.5. The molecule has 2 aliphatic heterocycles. The second-order valence-electron chi connectivity index (χ2n) is 7.02. The summed E-state index contributed by atoms with van der Waals surface area (Å²) in [7, 11) is 0. The lowest BCUT2D eigenvalue weighted by Gasteiger charge is -2.42. The molecule has 2 aliphatic rings. The van der Waals surface area contributed by atoms with E-state index in [1.165, 1.54) is 5.56 Å². The Labute approximate surface area is 157 Å². The summed E-state index contributed by atoms with van der Waals surface area (Å²) < 4.78 is 0. The van der Waals surface area contributed by atoms with Gasteiger partial charge in [0, 0.05) is 11.1 Å². The number of aliphatic imine (C=N–C) groups is 1. The quantitative estimate of drug-likeness (QED) is 0.842. The van der Waals surface area contributed by atoms with E-state index in [1.807, 2.05) is 17.8 Å². The first kappa shape index (κ1) is 17.2. The lowest BCUT2D eigenvalue weighted by molar-refractivity contribution is 0.0696. The Kier molecular flexibility index (Phi) is 4.72. The minimum absolute atomic E-state index is 0.0873. The molecule has 26 heavy (non-hydrogen) atoms. The number of fused-ring (bicyclic) bond motifs is 1. The monoisotopic (exact) mass is 366 g/mol. The summed E-state index contributed by atoms with van der Waals surface area (Å²) in [5.74, 6) is 2.50. The van der Waals surface area contributed by atoms with Crippen molar-refractivity contribution in [2.24, 2.45) is 10.4 Å². The lowest BCUT2D eigenvalue weighted by atomic mass is 9.73. The van der Waals surface area contributed by atoms with E-state index < -0.39 is 5.97 Å². The van der Waals surface area contributed by atoms with Gasteiger partial charge in [-0.2, -0.15) is 11.8 Å². The number of para-hydroxylation sites is 1. The molecule has 0 atom stereocenters. The van der Waals surface area contributed by atoms with Crippen LogP contribution in [0.1, 0.15) is 34.3 Å². The van der Waals surface area contributed by atoms with Crippen molar-refractivity contribution >= 4 is 29.3 Å². The number of rotatable bonds is 3. The van der Waals surface area contributed by atoms with Crippen LogP contribution in [0.15, 0.2) is 53.5 Å². The van der Waals surface area contributed by atoms with Gasteiger partial charge in [-0.1, -0.05) is 30.3 Å². The molecule has 5 heteroatoms. The van der Waals surface area contributed by atoms with E-state index in [-0.39, 0.29) is 5.41 Å². The molecule has 0 amide bonds. The topological polar surface area (TPSA) is 61.7 Å². The van der Waals surface area contributed by atoms with Crippen LogP contribution in [0.3, 0.4) is 0 Å². The number of hydrogen-bond donors (Lipinski definition) is 2. The van der Waals surface area contributed by atoms with E-state index >= 15 is 0 Å². The number of amidine groups is 1. The molecule has 0 unspecified atom stereocenters. The average molecular weight is 366 g/mol. The van der Waals surface area contributed by atoms with E-state index in [2.05, 4.69) is 29.6 Å². The van der Waals surface area contributed by atoms with Crippen molar-refractivity contribution in [3.8, 4) is 0 Å². The molecule has 2 N–H and O–H groups in total. The average Bonchev–Trinajstić information content (AvgIpc) is 2.67. The summed E-state index contributed by atoms with van der Waals surface area (Å²) in [5, 5.41) is 12.8. The molecule has 2 aromatic rings. The molecule has 2 aromatic carbocycles. The molecule has 2 heterocycles. The van der Waals surface area contributed by atoms with Gasteiger partial charge >= 0.3 is 5.97 Å². The van der Waals surface area contributed by atoms with Crippen LogP contribution in [0, 0.1) is 5.41 Å². The number of carboxylic acids is 1. The van der Waals surface area contributed by atoms with E-state index in [0.29, 0.717) is 12.1 Å². The van der Waals surface area contributed by atoms with Gasteiger partial charge in [0.2, 0.25) is 0 Å². The van der Waals surface area contributed by atoms with E-state index in [1.54, 1.807) is 18.2 Å². The molecule has 0 radical (unpaired) electrons. The maximum absolute atomic E-state index is 11.2. The Hall–Kier alpha value is -2.27. The lowest BCUT2D eigenvalue weighted by Crippen LogP contribution is -2.44. The number of nitrogens with zero attached hydrogens (tertiary/aromatic N) is 1. The van der Waals surface area contributed by atoms with Crippen LogP contribution >= 0.6 is 11.8 Å². The van der Waals surface area contributed by atoms with Crippen LogP contribution < -0.4 is 5.32 Å². The maximum atomic E-state index is 11.2. The number of benzene rings is 2. The number of thioether (sulfide) groups is 1. The summed E-state index contributed by atoms with van der Waals surface area (Å²) in [5.41, 5.74) is 3.84. The predicted octanol–water partition coefficient (Wildman–Crippen LogP) is 4.46. The minimum atomic E-state index is -0.898. The molecule has 0 aromatic heterocycles. The van der Waals surface area contributed by atoms with E-state index in [4.69, 9.17) is 4.99 Å². The largest absolute Gasteiger partial charge is 0.478 e. The van der Waals surface area contributed by atoms with Gasteiger partial charge in [-0.3, -0.25) is 4.99 Å². The molecular formula is C21H22N2O2S. The van der Waals surface area contributed by atoms with Crippen molar-refractivity contribution in [3.05, 3.63) is 65.2 Å². The third kappa shape index (κ3) is 3.36. The zero-order chi connectivity index (χ0) is 18.0. The second kappa shape index (κ2) is 7.16. The minimum Gasteiger partial charge on any atom is -0.478 e. The van der Waals surface area contributed by atoms with Gasteiger partial charge in [0.15, 0.2) is 0 Å². The number of carbonyl (C=O) groups is 1. The Bertz CT molecular complexity index is 857. The molecule has 4 nitrogen and oxygen atoms in total. The smallest absolute Gasteiger partial charge is 0.335 e. The van der Waals surface area contributed by atoms with E-state index in [9.17, 15) is 9.90 Å². The number of hydrogen-bond acceptors (Lipinski definition) is 3. The van der Waals surface area contributed by atoms with Crippen LogP contribution in [0.25, 0.3) is 0 Å². The number of anilines is 1.